The summed E-state index contributed by atoms with van der Waals surface area (Å²) in [5.74, 6) is -35.0. The third-order valence-corrected chi connectivity index (χ3v) is 1.72. The molecule has 0 rings (SSSR count). The van der Waals surface area contributed by atoms with Gasteiger partial charge in [-0.25, -0.2) is 9.59 Å². The molecule has 0 aromatic heterocycles. The SMILES string of the molecule is O.O.O=C(O)C(F)(F)C(F)(F)C(F)(F)C(F)(F)C(=O)O. The first-order chi connectivity index (χ1) is 7.64. The number of halogens is 8. The van der Waals surface area contributed by atoms with Gasteiger partial charge >= 0.3 is 35.6 Å². The van der Waals surface area contributed by atoms with E-state index in [1.807, 2.05) is 0 Å². The Kier molecular flexibility index (Phi) is 6.71. The Bertz CT molecular complexity index is 344. The van der Waals surface area contributed by atoms with E-state index in [-0.39, 0.29) is 11.0 Å². The molecule has 0 aromatic rings. The second-order valence-electron chi connectivity index (χ2n) is 2.91. The molecule has 0 unspecified atom stereocenters. The van der Waals surface area contributed by atoms with E-state index >= 15 is 0 Å². The van der Waals surface area contributed by atoms with Crippen molar-refractivity contribution in [2.45, 2.75) is 23.7 Å². The summed E-state index contributed by atoms with van der Waals surface area (Å²) in [6.07, 6.45) is 0. The van der Waals surface area contributed by atoms with E-state index in [4.69, 9.17) is 10.2 Å². The van der Waals surface area contributed by atoms with Crippen LogP contribution in [0.2, 0.25) is 0 Å². The van der Waals surface area contributed by atoms with Crippen LogP contribution in [0, 0.1) is 0 Å². The van der Waals surface area contributed by atoms with Gasteiger partial charge in [0.15, 0.2) is 0 Å². The Morgan fingerprint density at radius 1 is 0.600 bits per heavy atom. The lowest BCUT2D eigenvalue weighted by Crippen LogP contribution is -2.66. The number of hydrogen-bond donors (Lipinski definition) is 2. The number of aliphatic carboxylic acids is 2. The van der Waals surface area contributed by atoms with E-state index in [1.165, 1.54) is 0 Å². The molecule has 0 spiro atoms. The maximum Gasteiger partial charge on any atom is 0.410 e. The van der Waals surface area contributed by atoms with Crippen LogP contribution < -0.4 is 0 Å². The summed E-state index contributed by atoms with van der Waals surface area (Å²) in [5.41, 5.74) is 0. The van der Waals surface area contributed by atoms with Crippen LogP contribution in [0.4, 0.5) is 35.1 Å². The highest BCUT2D eigenvalue weighted by molar-refractivity contribution is 5.80. The van der Waals surface area contributed by atoms with Gasteiger partial charge in [-0.3, -0.25) is 0 Å². The van der Waals surface area contributed by atoms with Crippen molar-refractivity contribution in [1.29, 1.82) is 0 Å². The largest absolute Gasteiger partial charge is 0.477 e. The van der Waals surface area contributed by atoms with Gasteiger partial charge in [0.05, 0.1) is 0 Å². The third-order valence-electron chi connectivity index (χ3n) is 1.72. The summed E-state index contributed by atoms with van der Waals surface area (Å²) < 4.78 is 98.9. The zero-order valence-electron chi connectivity index (χ0n) is 8.73. The minimum atomic E-state index is -7.12. The predicted molar refractivity (Wildman–Crippen MR) is 42.3 cm³/mol. The van der Waals surface area contributed by atoms with Crippen molar-refractivity contribution in [3.63, 3.8) is 0 Å². The molecule has 0 atom stereocenters. The topological polar surface area (TPSA) is 138 Å². The van der Waals surface area contributed by atoms with Crippen LogP contribution in [0.25, 0.3) is 0 Å². The molecule has 0 heterocycles. The van der Waals surface area contributed by atoms with Gasteiger partial charge in [-0.1, -0.05) is 0 Å². The molecule has 0 fully saturated rings. The van der Waals surface area contributed by atoms with Crippen LogP contribution in [-0.4, -0.2) is 56.8 Å². The summed E-state index contributed by atoms with van der Waals surface area (Å²) in [7, 11) is 0. The van der Waals surface area contributed by atoms with Crippen molar-refractivity contribution in [3.8, 4) is 0 Å². The fourth-order valence-electron chi connectivity index (χ4n) is 0.663. The average Bonchev–Trinajstić information content (AvgIpc) is 2.15. The normalized spacial score (nSPS) is 13.0. The maximum absolute atomic E-state index is 12.5. The van der Waals surface area contributed by atoms with Gasteiger partial charge in [-0.2, -0.15) is 35.1 Å². The van der Waals surface area contributed by atoms with Gasteiger partial charge in [0.1, 0.15) is 0 Å². The zero-order valence-corrected chi connectivity index (χ0v) is 8.73. The van der Waals surface area contributed by atoms with E-state index in [1.54, 1.807) is 0 Å². The highest BCUT2D eigenvalue weighted by atomic mass is 19.4. The van der Waals surface area contributed by atoms with Gasteiger partial charge < -0.3 is 21.2 Å². The van der Waals surface area contributed by atoms with E-state index in [2.05, 4.69) is 0 Å². The summed E-state index contributed by atoms with van der Waals surface area (Å²) in [6, 6.07) is 0. The van der Waals surface area contributed by atoms with Crippen molar-refractivity contribution < 1.29 is 65.9 Å². The van der Waals surface area contributed by atoms with Crippen molar-refractivity contribution in [1.82, 2.24) is 0 Å². The Labute approximate surface area is 103 Å². The van der Waals surface area contributed by atoms with E-state index in [0.717, 1.165) is 0 Å². The molecule has 0 saturated carbocycles. The van der Waals surface area contributed by atoms with E-state index in [9.17, 15) is 44.7 Å². The average molecular weight is 326 g/mol. The molecule has 6 nitrogen and oxygen atoms in total. The molecule has 0 bridgehead atoms. The van der Waals surface area contributed by atoms with Crippen LogP contribution in [-0.2, 0) is 9.59 Å². The lowest BCUT2D eigenvalue weighted by molar-refractivity contribution is -0.353. The van der Waals surface area contributed by atoms with Crippen LogP contribution in [0.3, 0.4) is 0 Å². The first-order valence-electron chi connectivity index (χ1n) is 3.62. The number of alkyl halides is 8. The second-order valence-corrected chi connectivity index (χ2v) is 2.91. The molecule has 0 radical (unpaired) electrons. The molecular formula is C6H6F8O6. The summed E-state index contributed by atoms with van der Waals surface area (Å²) in [5, 5.41) is 15.2. The van der Waals surface area contributed by atoms with Crippen molar-refractivity contribution in [2.75, 3.05) is 0 Å². The number of hydrogen-bond acceptors (Lipinski definition) is 2. The van der Waals surface area contributed by atoms with Gasteiger partial charge in [-0.15, -0.1) is 0 Å². The van der Waals surface area contributed by atoms with Crippen LogP contribution in [0.15, 0.2) is 0 Å². The first-order valence-corrected chi connectivity index (χ1v) is 3.62. The second kappa shape index (κ2) is 5.74. The van der Waals surface area contributed by atoms with Gasteiger partial charge in [-0.05, 0) is 0 Å². The Morgan fingerprint density at radius 2 is 0.750 bits per heavy atom. The van der Waals surface area contributed by atoms with Crippen molar-refractivity contribution >= 4 is 11.9 Å². The molecule has 0 aliphatic carbocycles. The summed E-state index contributed by atoms with van der Waals surface area (Å²) >= 11 is 0. The quantitative estimate of drug-likeness (QED) is 0.689. The molecule has 0 saturated heterocycles. The fourth-order valence-corrected chi connectivity index (χ4v) is 0.663. The minimum absolute atomic E-state index is 0. The van der Waals surface area contributed by atoms with E-state index < -0.39 is 35.6 Å². The molecule has 0 aliphatic heterocycles. The third kappa shape index (κ3) is 2.74. The van der Waals surface area contributed by atoms with Gasteiger partial charge in [0.25, 0.3) is 0 Å². The predicted octanol–water partition coefficient (Wildman–Crippen LogP) is 0.0474. The molecule has 0 aliphatic rings. The highest BCUT2D eigenvalue weighted by Gasteiger charge is 2.85. The smallest absolute Gasteiger partial charge is 0.410 e. The number of carboxylic acids is 2. The lowest BCUT2D eigenvalue weighted by atomic mass is 9.99. The van der Waals surface area contributed by atoms with Crippen molar-refractivity contribution in [2.24, 2.45) is 0 Å². The molecule has 122 valence electrons. The molecule has 14 heteroatoms. The minimum Gasteiger partial charge on any atom is -0.477 e. The molecule has 0 amide bonds. The number of rotatable bonds is 5. The zero-order chi connectivity index (χ0) is 15.2. The first kappa shape index (κ1) is 23.4. The summed E-state index contributed by atoms with van der Waals surface area (Å²) in [6.45, 7) is 0. The van der Waals surface area contributed by atoms with Crippen LogP contribution in [0.5, 0.6) is 0 Å². The fraction of sp³-hybridized carbons (Fsp3) is 0.667. The van der Waals surface area contributed by atoms with Crippen LogP contribution >= 0.6 is 0 Å². The van der Waals surface area contributed by atoms with E-state index in [0.29, 0.717) is 0 Å². The van der Waals surface area contributed by atoms with Crippen molar-refractivity contribution in [3.05, 3.63) is 0 Å². The molecule has 20 heavy (non-hydrogen) atoms. The number of carbonyl (C=O) groups is 2. The Morgan fingerprint density at radius 3 is 0.850 bits per heavy atom. The maximum atomic E-state index is 12.5. The summed E-state index contributed by atoms with van der Waals surface area (Å²) in [4.78, 5) is 19.3. The molecule has 6 N–H and O–H groups in total. The highest BCUT2D eigenvalue weighted by Crippen LogP contribution is 2.52. The Hall–Kier alpha value is -1.70. The van der Waals surface area contributed by atoms with Gasteiger partial charge in [0.2, 0.25) is 0 Å². The molecular weight excluding hydrogens is 320 g/mol. The molecule has 0 aromatic carbocycles. The van der Waals surface area contributed by atoms with Gasteiger partial charge in [0, 0.05) is 0 Å². The monoisotopic (exact) mass is 326 g/mol. The van der Waals surface area contributed by atoms with Crippen LogP contribution in [0.1, 0.15) is 0 Å². The standard InChI is InChI=1S/C6H2F8O4.2H2O/c7-3(8,1(15)16)5(11,12)6(13,14)4(9,10)2(17)18;;/h(H,15,16)(H,17,18);2*1H2. The Balaban J connectivity index is -0.00000144. The number of carboxylic acid groups (broad SMARTS) is 2. The lowest BCUT2D eigenvalue weighted by Gasteiger charge is -2.32.